The highest BCUT2D eigenvalue weighted by molar-refractivity contribution is 4.86. The summed E-state index contributed by atoms with van der Waals surface area (Å²) in [5.74, 6) is 0. The van der Waals surface area contributed by atoms with Gasteiger partial charge in [0, 0.05) is 0 Å². The second-order valence-corrected chi connectivity index (χ2v) is 12.5. The highest BCUT2D eigenvalue weighted by Crippen LogP contribution is 2.42. The first kappa shape index (κ1) is 36.0. The van der Waals surface area contributed by atoms with Crippen molar-refractivity contribution in [3.8, 4) is 0 Å². The molecule has 0 heteroatoms. The maximum atomic E-state index is 2.76. The van der Waals surface area contributed by atoms with Crippen LogP contribution >= 0.6 is 0 Å². The minimum atomic E-state index is 0.628. The van der Waals surface area contributed by atoms with Crippen molar-refractivity contribution in [2.45, 2.75) is 220 Å². The lowest BCUT2D eigenvalue weighted by Crippen LogP contribution is -2.22. The van der Waals surface area contributed by atoms with Crippen molar-refractivity contribution in [3.63, 3.8) is 0 Å². The van der Waals surface area contributed by atoms with Crippen molar-refractivity contribution in [3.05, 3.63) is 6.42 Å². The van der Waals surface area contributed by atoms with E-state index in [1.165, 1.54) is 193 Å². The zero-order chi connectivity index (χ0) is 26.4. The monoisotopic (exact) mass is 506 g/mol. The van der Waals surface area contributed by atoms with Crippen molar-refractivity contribution < 1.29 is 0 Å². The number of unbranched alkanes of at least 4 members (excludes halogenated alkanes) is 23. The van der Waals surface area contributed by atoms with Gasteiger partial charge < -0.3 is 0 Å². The molecule has 0 nitrogen and oxygen atoms in total. The number of hydrogen-bond donors (Lipinski definition) is 0. The summed E-state index contributed by atoms with van der Waals surface area (Å²) in [5.41, 5.74) is 0.628. The van der Waals surface area contributed by atoms with Crippen LogP contribution in [0.2, 0.25) is 0 Å². The van der Waals surface area contributed by atoms with E-state index in [1.807, 2.05) is 0 Å². The second-order valence-electron chi connectivity index (χ2n) is 12.5. The third-order valence-electron chi connectivity index (χ3n) is 8.77. The highest BCUT2D eigenvalue weighted by atomic mass is 14.3. The van der Waals surface area contributed by atoms with Gasteiger partial charge in [-0.3, -0.25) is 0 Å². The molecule has 0 saturated heterocycles. The molecule has 0 fully saturated rings. The molecule has 0 N–H and O–H groups in total. The van der Waals surface area contributed by atoms with E-state index in [4.69, 9.17) is 0 Å². The lowest BCUT2D eigenvalue weighted by Gasteiger charge is -2.35. The smallest absolute Gasteiger partial charge is 0.0295 e. The van der Waals surface area contributed by atoms with Gasteiger partial charge in [-0.25, -0.2) is 0 Å². The Hall–Kier alpha value is 0. The van der Waals surface area contributed by atoms with Crippen LogP contribution in [0.25, 0.3) is 0 Å². The van der Waals surface area contributed by atoms with Crippen LogP contribution in [-0.2, 0) is 0 Å². The fourth-order valence-electron chi connectivity index (χ4n) is 6.18. The van der Waals surface area contributed by atoms with E-state index in [0.717, 1.165) is 0 Å². The van der Waals surface area contributed by atoms with E-state index in [-0.39, 0.29) is 0 Å². The van der Waals surface area contributed by atoms with E-state index in [1.54, 1.807) is 0 Å². The van der Waals surface area contributed by atoms with E-state index in [0.29, 0.717) is 5.41 Å². The normalized spacial score (nSPS) is 13.3. The van der Waals surface area contributed by atoms with Crippen LogP contribution in [0.5, 0.6) is 0 Å². The lowest BCUT2D eigenvalue weighted by molar-refractivity contribution is 0.189. The summed E-state index contributed by atoms with van der Waals surface area (Å²) >= 11 is 0. The largest absolute Gasteiger partial charge is 0.0654 e. The van der Waals surface area contributed by atoms with E-state index in [2.05, 4.69) is 34.1 Å². The Morgan fingerprint density at radius 1 is 0.333 bits per heavy atom. The van der Waals surface area contributed by atoms with E-state index in [9.17, 15) is 0 Å². The van der Waals surface area contributed by atoms with Crippen molar-refractivity contribution in [1.29, 1.82) is 0 Å². The van der Waals surface area contributed by atoms with Crippen LogP contribution in [0.3, 0.4) is 0 Å². The molecule has 1 atom stereocenters. The molecule has 0 aliphatic rings. The molecule has 0 aliphatic heterocycles. The third-order valence-corrected chi connectivity index (χ3v) is 8.77. The second kappa shape index (κ2) is 29.6. The van der Waals surface area contributed by atoms with Gasteiger partial charge in [-0.05, 0) is 37.5 Å². The van der Waals surface area contributed by atoms with Crippen molar-refractivity contribution in [2.24, 2.45) is 5.41 Å². The van der Waals surface area contributed by atoms with Crippen LogP contribution < -0.4 is 0 Å². The van der Waals surface area contributed by atoms with Gasteiger partial charge in [0.2, 0.25) is 0 Å². The molecule has 0 aliphatic carbocycles. The molecular formula is C36H73. The summed E-state index contributed by atoms with van der Waals surface area (Å²) in [6.07, 6.45) is 46.3. The Labute approximate surface area is 232 Å². The van der Waals surface area contributed by atoms with Crippen LogP contribution in [0.4, 0.5) is 0 Å². The Morgan fingerprint density at radius 2 is 0.611 bits per heavy atom. The van der Waals surface area contributed by atoms with Gasteiger partial charge in [0.25, 0.3) is 0 Å². The van der Waals surface area contributed by atoms with Crippen LogP contribution in [-0.4, -0.2) is 0 Å². The molecule has 0 spiro atoms. The SMILES string of the molecule is CCCCCCCCCCC[CH]CC(CCCCCC)(CCCCCCC)CCCCCCCCC. The minimum absolute atomic E-state index is 0.628. The first-order valence-corrected chi connectivity index (χ1v) is 17.6. The predicted octanol–water partition coefficient (Wildman–Crippen LogP) is 14.0. The molecular weight excluding hydrogens is 432 g/mol. The molecule has 217 valence electrons. The van der Waals surface area contributed by atoms with Gasteiger partial charge in [-0.1, -0.05) is 195 Å². The van der Waals surface area contributed by atoms with Gasteiger partial charge in [-0.2, -0.15) is 0 Å². The Balaban J connectivity index is 4.54. The topological polar surface area (TPSA) is 0 Å². The first-order valence-electron chi connectivity index (χ1n) is 17.6. The van der Waals surface area contributed by atoms with E-state index >= 15 is 0 Å². The van der Waals surface area contributed by atoms with Gasteiger partial charge >= 0.3 is 0 Å². The summed E-state index contributed by atoms with van der Waals surface area (Å²) in [4.78, 5) is 0. The van der Waals surface area contributed by atoms with Crippen LogP contribution in [0.1, 0.15) is 220 Å². The van der Waals surface area contributed by atoms with Gasteiger partial charge in [0.15, 0.2) is 0 Å². The third kappa shape index (κ3) is 24.3. The van der Waals surface area contributed by atoms with Gasteiger partial charge in [-0.15, -0.1) is 0 Å². The van der Waals surface area contributed by atoms with E-state index < -0.39 is 0 Å². The Kier molecular flexibility index (Phi) is 29.6. The zero-order valence-electron chi connectivity index (χ0n) is 26.3. The lowest BCUT2D eigenvalue weighted by atomic mass is 9.70. The van der Waals surface area contributed by atoms with Crippen LogP contribution in [0, 0.1) is 11.8 Å². The summed E-state index contributed by atoms with van der Waals surface area (Å²) in [6.45, 7) is 9.36. The molecule has 0 aromatic heterocycles. The fraction of sp³-hybridized carbons (Fsp3) is 0.972. The van der Waals surface area contributed by atoms with Gasteiger partial charge in [0.05, 0.1) is 0 Å². The molecule has 0 bridgehead atoms. The summed E-state index contributed by atoms with van der Waals surface area (Å²) in [6, 6.07) is 0. The molecule has 1 radical (unpaired) electrons. The number of rotatable bonds is 31. The highest BCUT2D eigenvalue weighted by Gasteiger charge is 2.28. The minimum Gasteiger partial charge on any atom is -0.0654 e. The van der Waals surface area contributed by atoms with Crippen molar-refractivity contribution in [1.82, 2.24) is 0 Å². The molecule has 1 unspecified atom stereocenters. The Bertz CT molecular complexity index is 385. The summed E-state index contributed by atoms with van der Waals surface area (Å²) in [5, 5.41) is 0. The quantitative estimate of drug-likeness (QED) is 0.0821. The standard InChI is InChI=1S/C36H73/c1-5-9-13-17-19-20-21-22-24-27-31-35-36(32-28-16-12-8-4,33-29-25-15-11-7-3)34-30-26-23-18-14-10-6-2/h31H,5-30,32-35H2,1-4H3. The first-order chi connectivity index (χ1) is 17.7. The average Bonchev–Trinajstić information content (AvgIpc) is 2.89. The van der Waals surface area contributed by atoms with Crippen molar-refractivity contribution >= 4 is 0 Å². The van der Waals surface area contributed by atoms with Crippen molar-refractivity contribution in [2.75, 3.05) is 0 Å². The fourth-order valence-corrected chi connectivity index (χ4v) is 6.18. The molecule has 0 aromatic carbocycles. The average molecular weight is 506 g/mol. The predicted molar refractivity (Wildman–Crippen MR) is 168 cm³/mol. The molecule has 0 heterocycles. The molecule has 0 amide bonds. The maximum absolute atomic E-state index is 2.76. The molecule has 0 saturated carbocycles. The molecule has 36 heavy (non-hydrogen) atoms. The Morgan fingerprint density at radius 3 is 0.972 bits per heavy atom. The molecule has 0 rings (SSSR count). The molecule has 0 aromatic rings. The van der Waals surface area contributed by atoms with Crippen LogP contribution in [0.15, 0.2) is 0 Å². The number of hydrogen-bond acceptors (Lipinski definition) is 0. The maximum Gasteiger partial charge on any atom is -0.0295 e. The summed E-state index contributed by atoms with van der Waals surface area (Å²) < 4.78 is 0. The van der Waals surface area contributed by atoms with Gasteiger partial charge in [0.1, 0.15) is 0 Å². The zero-order valence-corrected chi connectivity index (χ0v) is 26.3. The summed E-state index contributed by atoms with van der Waals surface area (Å²) in [7, 11) is 0.